The normalized spacial score (nSPS) is 12.1. The van der Waals surface area contributed by atoms with E-state index in [1.54, 1.807) is 91.9 Å². The van der Waals surface area contributed by atoms with E-state index in [1.165, 1.54) is 117 Å². The van der Waals surface area contributed by atoms with Crippen LogP contribution in [-0.4, -0.2) is 116 Å². The number of ketones is 1. The van der Waals surface area contributed by atoms with Crippen molar-refractivity contribution in [1.29, 1.82) is 0 Å². The summed E-state index contributed by atoms with van der Waals surface area (Å²) in [6.45, 7) is 3.26. The number of aromatic hydroxyl groups is 5. The number of aromatic nitrogens is 15. The predicted molar refractivity (Wildman–Crippen MR) is 337 cm³/mol. The Morgan fingerprint density at radius 3 is 1.10 bits per heavy atom. The lowest BCUT2D eigenvalue weighted by atomic mass is 9.86. The van der Waals surface area contributed by atoms with Crippen molar-refractivity contribution in [2.24, 2.45) is 0 Å². The molecule has 23 nitrogen and oxygen atoms in total. The van der Waals surface area contributed by atoms with Gasteiger partial charge in [0.2, 0.25) is 5.78 Å². The van der Waals surface area contributed by atoms with Gasteiger partial charge in [-0.3, -0.25) is 4.79 Å². The molecule has 0 aliphatic heterocycles. The summed E-state index contributed by atoms with van der Waals surface area (Å²) in [5, 5.41) is 117. The maximum atomic E-state index is 13.7. The summed E-state index contributed by atoms with van der Waals surface area (Å²) in [4.78, 5) is 12.2. The number of nitrogens with zero attached hydrogens (tertiary/aromatic N) is 15. The van der Waals surface area contributed by atoms with Crippen LogP contribution in [0.3, 0.4) is 0 Å². The molecule has 8 aromatic carbocycles. The standard InChI is InChI=1S/C26H20ClF3N6O3.C23H16Cl2N6O3.C15H10ClN3O2/c1-14-3-5-21(37)19(9-14)35-12-23(31-33-35)25(39,16-7-15(2)8-17(10-16)26(28,29)30)24-13-36(34-32-24)20-11-18(27)4-6-22(20)38;24-15-6-8-19(32)17(10-15)30-12-21(26-28-30)23(34,14-4-2-1-3-5-14)22-13-31(29-27-22)18-11-16(25)7-9-20(18)33;16-11-6-7-14(20)13(8-11)19-9-12(17-18-19)15(21)10-4-2-1-3-5-10/h3-13,37-39H,1-2H3;1-13,32-34H;1-9,20H. The van der Waals surface area contributed by atoms with Crippen molar-refractivity contribution in [3.8, 4) is 57.2 Å². The number of halogens is 7. The van der Waals surface area contributed by atoms with Crippen LogP contribution >= 0.6 is 46.4 Å². The van der Waals surface area contributed by atoms with Crippen molar-refractivity contribution in [2.75, 3.05) is 0 Å². The van der Waals surface area contributed by atoms with E-state index in [-0.39, 0.29) is 102 Å². The van der Waals surface area contributed by atoms with Crippen molar-refractivity contribution in [2.45, 2.75) is 31.2 Å². The van der Waals surface area contributed by atoms with E-state index in [0.717, 1.165) is 22.4 Å². The van der Waals surface area contributed by atoms with Crippen LogP contribution in [0.4, 0.5) is 13.2 Å². The van der Waals surface area contributed by atoms with Gasteiger partial charge in [0.15, 0.2) is 16.9 Å². The monoisotopic (exact) mass is 1350 g/mol. The lowest BCUT2D eigenvalue weighted by Crippen LogP contribution is -2.30. The van der Waals surface area contributed by atoms with Crippen molar-refractivity contribution in [3.05, 3.63) is 283 Å². The van der Waals surface area contributed by atoms with Crippen molar-refractivity contribution in [1.82, 2.24) is 75.0 Å². The molecule has 1 atom stereocenters. The maximum absolute atomic E-state index is 13.7. The summed E-state index contributed by atoms with van der Waals surface area (Å²) in [6, 6.07) is 43.2. The zero-order chi connectivity index (χ0) is 66.8. The molecule has 5 heterocycles. The number of alkyl halides is 3. The van der Waals surface area contributed by atoms with Crippen LogP contribution in [0.1, 0.15) is 66.6 Å². The van der Waals surface area contributed by atoms with E-state index in [0.29, 0.717) is 31.9 Å². The van der Waals surface area contributed by atoms with Gasteiger partial charge in [-0.15, -0.1) is 25.5 Å². The first-order valence-corrected chi connectivity index (χ1v) is 29.1. The van der Waals surface area contributed by atoms with Gasteiger partial charge in [0.1, 0.15) is 80.0 Å². The zero-order valence-electron chi connectivity index (χ0n) is 48.4. The molecule has 0 fully saturated rings. The molecule has 0 saturated carbocycles. The van der Waals surface area contributed by atoms with E-state index in [2.05, 4.69) is 51.6 Å². The van der Waals surface area contributed by atoms with Gasteiger partial charge >= 0.3 is 6.18 Å². The molecule has 13 aromatic rings. The number of aryl methyl sites for hydroxylation is 2. The lowest BCUT2D eigenvalue weighted by Gasteiger charge is -2.25. The van der Waals surface area contributed by atoms with Crippen LogP contribution in [-0.2, 0) is 17.4 Å². The molecule has 7 N–H and O–H groups in total. The minimum atomic E-state index is -4.70. The fraction of sp³-hybridized carbons (Fsp3) is 0.0781. The molecular formula is C64H46Cl4F3N15O8. The topological polar surface area (TPSA) is 312 Å². The molecule has 1 unspecified atom stereocenters. The van der Waals surface area contributed by atoms with Gasteiger partial charge in [0, 0.05) is 25.7 Å². The number of phenols is 5. The van der Waals surface area contributed by atoms with Gasteiger partial charge in [-0.2, -0.15) is 13.2 Å². The first-order chi connectivity index (χ1) is 44.9. The average Bonchev–Trinajstić information content (AvgIpc) is 1.75. The highest BCUT2D eigenvalue weighted by Crippen LogP contribution is 2.41. The molecule has 0 aliphatic carbocycles. The summed E-state index contributed by atoms with van der Waals surface area (Å²) in [7, 11) is 0. The van der Waals surface area contributed by atoms with Crippen LogP contribution in [0.5, 0.6) is 28.7 Å². The first kappa shape index (κ1) is 64.5. The van der Waals surface area contributed by atoms with Crippen molar-refractivity contribution in [3.63, 3.8) is 0 Å². The summed E-state index contributed by atoms with van der Waals surface area (Å²) >= 11 is 24.1. The Balaban J connectivity index is 0.000000150. The van der Waals surface area contributed by atoms with E-state index in [4.69, 9.17) is 46.4 Å². The number of hydrogen-bond acceptors (Lipinski definition) is 18. The molecule has 94 heavy (non-hydrogen) atoms. The molecule has 0 radical (unpaired) electrons. The van der Waals surface area contributed by atoms with Crippen molar-refractivity contribution >= 4 is 52.2 Å². The van der Waals surface area contributed by atoms with Crippen LogP contribution in [0, 0.1) is 13.8 Å². The van der Waals surface area contributed by atoms with E-state index in [1.807, 2.05) is 12.1 Å². The number of carbonyl (C=O) groups is 1. The highest BCUT2D eigenvalue weighted by atomic mass is 35.5. The third kappa shape index (κ3) is 13.4. The van der Waals surface area contributed by atoms with E-state index >= 15 is 0 Å². The number of phenolic OH excluding ortho intramolecular Hbond substituents is 5. The number of carbonyl (C=O) groups excluding carboxylic acids is 1. The van der Waals surface area contributed by atoms with Gasteiger partial charge < -0.3 is 35.7 Å². The number of hydrogen-bond donors (Lipinski definition) is 7. The summed E-state index contributed by atoms with van der Waals surface area (Å²) in [5.74, 6) is -0.683. The Bertz CT molecular complexity index is 4750. The largest absolute Gasteiger partial charge is 0.506 e. The van der Waals surface area contributed by atoms with E-state index in [9.17, 15) is 53.7 Å². The Morgan fingerprint density at radius 2 is 0.702 bits per heavy atom. The van der Waals surface area contributed by atoms with Crippen molar-refractivity contribution < 1.29 is 53.7 Å². The lowest BCUT2D eigenvalue weighted by molar-refractivity contribution is -0.137. The minimum Gasteiger partial charge on any atom is -0.506 e. The molecule has 0 saturated heterocycles. The first-order valence-electron chi connectivity index (χ1n) is 27.6. The quantitative estimate of drug-likeness (QED) is 0.0528. The Hall–Kier alpha value is -11.0. The van der Waals surface area contributed by atoms with Crippen LogP contribution in [0.15, 0.2) is 201 Å². The van der Waals surface area contributed by atoms with Crippen LogP contribution in [0.2, 0.25) is 20.1 Å². The number of aliphatic hydroxyl groups is 2. The third-order valence-electron chi connectivity index (χ3n) is 14.3. The van der Waals surface area contributed by atoms with Crippen LogP contribution < -0.4 is 0 Å². The highest BCUT2D eigenvalue weighted by molar-refractivity contribution is 6.31. The molecular weight excluding hydrogens is 1310 g/mol. The molecule has 0 amide bonds. The SMILES string of the molecule is Cc1cc(C(F)(F)F)cc(C(O)(c2cn(-c3cc(C)ccc3O)nn2)c2cn(-c3cc(Cl)ccc3O)nn2)c1.O=C(c1ccccc1)c1cn(-c2cc(Cl)ccc2O)nn1.Oc1ccc(Cl)cc1-n1cc(C(O)(c2ccccc2)c2cn(-c3cc(Cl)ccc3O)nn2)nn1. The van der Waals surface area contributed by atoms with E-state index < -0.39 is 22.9 Å². The second kappa shape index (κ2) is 26.3. The third-order valence-corrected chi connectivity index (χ3v) is 15.3. The Labute approximate surface area is 549 Å². The smallest absolute Gasteiger partial charge is 0.416 e. The predicted octanol–water partition coefficient (Wildman–Crippen LogP) is 11.5. The number of benzene rings is 8. The molecule has 5 aromatic heterocycles. The second-order valence-corrected chi connectivity index (χ2v) is 22.6. The Kier molecular flexibility index (Phi) is 18.1. The fourth-order valence-corrected chi connectivity index (χ4v) is 10.3. The maximum Gasteiger partial charge on any atom is 0.416 e. The summed E-state index contributed by atoms with van der Waals surface area (Å²) in [5.41, 5.74) is -2.07. The number of rotatable bonds is 13. The van der Waals surface area contributed by atoms with Crippen LogP contribution in [0.25, 0.3) is 28.4 Å². The molecule has 474 valence electrons. The molecule has 13 rings (SSSR count). The van der Waals surface area contributed by atoms with Gasteiger partial charge in [0.05, 0.1) is 36.5 Å². The van der Waals surface area contributed by atoms with Gasteiger partial charge in [-0.05, 0) is 128 Å². The Morgan fingerprint density at radius 1 is 0.372 bits per heavy atom. The molecule has 0 bridgehead atoms. The minimum absolute atomic E-state index is 0.00279. The molecule has 0 aliphatic rings. The van der Waals surface area contributed by atoms with Gasteiger partial charge in [-0.1, -0.05) is 151 Å². The fourth-order valence-electron chi connectivity index (χ4n) is 9.64. The molecule has 0 spiro atoms. The zero-order valence-corrected chi connectivity index (χ0v) is 51.5. The van der Waals surface area contributed by atoms with Gasteiger partial charge in [0.25, 0.3) is 0 Å². The average molecular weight is 1350 g/mol. The second-order valence-electron chi connectivity index (χ2n) is 20.8. The van der Waals surface area contributed by atoms with Gasteiger partial charge in [-0.25, -0.2) is 23.4 Å². The molecule has 30 heteroatoms. The highest BCUT2D eigenvalue weighted by Gasteiger charge is 2.43. The summed E-state index contributed by atoms with van der Waals surface area (Å²) < 4.78 is 47.5. The summed E-state index contributed by atoms with van der Waals surface area (Å²) in [6.07, 6.45) is 2.21.